The Bertz CT molecular complexity index is 1510. The zero-order valence-electron chi connectivity index (χ0n) is 59.1. The van der Waals surface area contributed by atoms with Crippen molar-refractivity contribution in [1.82, 2.24) is 0 Å². The molecule has 2 saturated heterocycles. The average molecular weight is 1300 g/mol. The first-order valence-electron chi connectivity index (χ1n) is 39.1. The van der Waals surface area contributed by atoms with Crippen molar-refractivity contribution in [3.05, 3.63) is 0 Å². The number of aliphatic hydroxyl groups is 8. The van der Waals surface area contributed by atoms with Gasteiger partial charge in [0.15, 0.2) is 12.6 Å². The van der Waals surface area contributed by atoms with E-state index in [2.05, 4.69) is 27.7 Å². The molecule has 91 heavy (non-hydrogen) atoms. The lowest BCUT2D eigenvalue weighted by Crippen LogP contribution is -2.64. The van der Waals surface area contributed by atoms with Gasteiger partial charge in [0.25, 0.3) is 0 Å². The fourth-order valence-corrected chi connectivity index (χ4v) is 13.5. The lowest BCUT2D eigenvalue weighted by molar-refractivity contribution is -0.376. The largest absolute Gasteiger partial charge is 0.463 e. The van der Waals surface area contributed by atoms with E-state index in [0.29, 0.717) is 25.7 Å². The van der Waals surface area contributed by atoms with Gasteiger partial charge >= 0.3 is 11.9 Å². The predicted octanol–water partition coefficient (Wildman–Crippen LogP) is 16.8. The molecule has 0 aliphatic carbocycles. The Morgan fingerprint density at radius 2 is 0.484 bits per heavy atom. The van der Waals surface area contributed by atoms with E-state index >= 15 is 0 Å². The second-order valence-corrected chi connectivity index (χ2v) is 28.2. The Kier molecular flexibility index (Phi) is 55.1. The molecule has 0 aromatic rings. The average Bonchev–Trinajstić information content (AvgIpc) is 1.06. The van der Waals surface area contributed by atoms with Gasteiger partial charge in [-0.1, -0.05) is 349 Å². The van der Waals surface area contributed by atoms with Crippen LogP contribution in [0.3, 0.4) is 0 Å². The van der Waals surface area contributed by atoms with Crippen LogP contribution in [0.2, 0.25) is 0 Å². The second-order valence-electron chi connectivity index (χ2n) is 28.2. The Balaban J connectivity index is 2.03. The van der Waals surface area contributed by atoms with Crippen LogP contribution in [0.5, 0.6) is 0 Å². The smallest absolute Gasteiger partial charge is 0.311 e. The first-order valence-corrected chi connectivity index (χ1v) is 39.1. The van der Waals surface area contributed by atoms with Crippen LogP contribution < -0.4 is 0 Å². The molecule has 2 rings (SSSR count). The Hall–Kier alpha value is -1.50. The van der Waals surface area contributed by atoms with Crippen molar-refractivity contribution in [2.75, 3.05) is 13.2 Å². The highest BCUT2D eigenvalue weighted by Crippen LogP contribution is 2.31. The summed E-state index contributed by atoms with van der Waals surface area (Å²) in [6.07, 6.45) is 41.7. The Morgan fingerprint density at radius 3 is 0.703 bits per heavy atom. The van der Waals surface area contributed by atoms with Crippen LogP contribution in [-0.4, -0.2) is 140 Å². The lowest BCUT2D eigenvalue weighted by atomic mass is 9.91. The first-order chi connectivity index (χ1) is 44.3. The molecule has 0 amide bonds. The van der Waals surface area contributed by atoms with Gasteiger partial charge in [0, 0.05) is 0 Å². The van der Waals surface area contributed by atoms with Crippen LogP contribution in [0.15, 0.2) is 0 Å². The molecule has 15 heteroatoms. The second kappa shape index (κ2) is 58.6. The summed E-state index contributed by atoms with van der Waals surface area (Å²) in [6, 6.07) is 0. The van der Waals surface area contributed by atoms with Crippen molar-refractivity contribution in [3.63, 3.8) is 0 Å². The highest BCUT2D eigenvalue weighted by Gasteiger charge is 2.50. The third-order valence-electron chi connectivity index (χ3n) is 19.9. The summed E-state index contributed by atoms with van der Waals surface area (Å²) < 4.78 is 29.3. The van der Waals surface area contributed by atoms with Gasteiger partial charge in [0.2, 0.25) is 0 Å². The van der Waals surface area contributed by atoms with Crippen molar-refractivity contribution in [2.24, 2.45) is 11.8 Å². The third-order valence-corrected chi connectivity index (χ3v) is 19.9. The standard InChI is InChI=1S/C76H146O15/c1-5-9-13-17-21-25-29-33-37-41-45-49-53-57-63(77)61(55-51-47-43-39-35-31-27-23-19-15-11-7-3)73(85)87-59-65-67(79)69(81)71(83)75(89-65)91-76-72(84)70(82)68(80)66(90-76)60-88-74(86)62(56-52-48-44-40-36-32-28-24-20-16-12-8-4)64(78)58-54-50-46-42-38-34-30-26-22-18-14-10-6-2/h61-72,75-84H,5-60H2,1-4H3/t61?,62?,63?,64?,65-,66-,67-,68-,69+,70+,71+,72+,75-,76?/m1/s1. The van der Waals surface area contributed by atoms with Gasteiger partial charge < -0.3 is 64.5 Å². The van der Waals surface area contributed by atoms with Gasteiger partial charge in [0.05, 0.1) is 24.0 Å². The molecule has 8 N–H and O–H groups in total. The van der Waals surface area contributed by atoms with Crippen molar-refractivity contribution in [2.45, 2.75) is 448 Å². The van der Waals surface area contributed by atoms with Gasteiger partial charge in [-0.25, -0.2) is 0 Å². The van der Waals surface area contributed by atoms with Crippen molar-refractivity contribution >= 4 is 11.9 Å². The molecule has 0 radical (unpaired) electrons. The summed E-state index contributed by atoms with van der Waals surface area (Å²) in [5.41, 5.74) is 0. The summed E-state index contributed by atoms with van der Waals surface area (Å²) in [7, 11) is 0. The maximum atomic E-state index is 14.0. The molecule has 0 saturated carbocycles. The minimum Gasteiger partial charge on any atom is -0.463 e. The highest BCUT2D eigenvalue weighted by molar-refractivity contribution is 5.73. The lowest BCUT2D eigenvalue weighted by Gasteiger charge is -2.44. The number of ether oxygens (including phenoxy) is 5. The van der Waals surface area contributed by atoms with Crippen LogP contribution in [0.25, 0.3) is 0 Å². The van der Waals surface area contributed by atoms with E-state index in [1.165, 1.54) is 218 Å². The Labute approximate surface area is 556 Å². The molecule has 2 aliphatic rings. The molecule has 0 bridgehead atoms. The summed E-state index contributed by atoms with van der Waals surface area (Å²) in [4.78, 5) is 27.9. The molecule has 540 valence electrons. The molecule has 2 heterocycles. The van der Waals surface area contributed by atoms with Gasteiger partial charge in [-0.3, -0.25) is 9.59 Å². The van der Waals surface area contributed by atoms with E-state index < -0.39 is 111 Å². The van der Waals surface area contributed by atoms with E-state index in [-0.39, 0.29) is 0 Å². The molecule has 2 fully saturated rings. The van der Waals surface area contributed by atoms with Crippen LogP contribution in [-0.2, 0) is 33.3 Å². The Morgan fingerprint density at radius 1 is 0.286 bits per heavy atom. The van der Waals surface area contributed by atoms with Gasteiger partial charge in [-0.2, -0.15) is 0 Å². The van der Waals surface area contributed by atoms with E-state index in [0.717, 1.165) is 103 Å². The minimum absolute atomic E-state index is 0.429. The van der Waals surface area contributed by atoms with Crippen LogP contribution in [0.4, 0.5) is 0 Å². The van der Waals surface area contributed by atoms with E-state index in [4.69, 9.17) is 23.7 Å². The van der Waals surface area contributed by atoms with Crippen molar-refractivity contribution in [3.8, 4) is 0 Å². The summed E-state index contributed by atoms with van der Waals surface area (Å²) in [5.74, 6) is -2.93. The zero-order valence-corrected chi connectivity index (χ0v) is 59.1. The van der Waals surface area contributed by atoms with E-state index in [1.54, 1.807) is 0 Å². The van der Waals surface area contributed by atoms with Gasteiger partial charge in [-0.15, -0.1) is 0 Å². The number of carbonyl (C=O) groups excluding carboxylic acids is 2. The molecule has 0 aromatic heterocycles. The number of hydrogen-bond acceptors (Lipinski definition) is 15. The number of rotatable bonds is 64. The van der Waals surface area contributed by atoms with Crippen molar-refractivity contribution in [1.29, 1.82) is 0 Å². The fourth-order valence-electron chi connectivity index (χ4n) is 13.5. The monoisotopic (exact) mass is 1300 g/mol. The predicted molar refractivity (Wildman–Crippen MR) is 367 cm³/mol. The van der Waals surface area contributed by atoms with Crippen LogP contribution in [0.1, 0.15) is 374 Å². The highest BCUT2D eigenvalue weighted by atomic mass is 16.8. The molecule has 0 aromatic carbocycles. The molecule has 15 nitrogen and oxygen atoms in total. The van der Waals surface area contributed by atoms with E-state index in [9.17, 15) is 50.4 Å². The summed E-state index contributed by atoms with van der Waals surface area (Å²) in [5, 5.41) is 89.7. The number of esters is 2. The quantitative estimate of drug-likeness (QED) is 0.0209. The molecular formula is C76H146O15. The van der Waals surface area contributed by atoms with Gasteiger partial charge in [-0.05, 0) is 25.7 Å². The molecule has 14 atom stereocenters. The van der Waals surface area contributed by atoms with Gasteiger partial charge in [0.1, 0.15) is 62.0 Å². The van der Waals surface area contributed by atoms with Crippen LogP contribution >= 0.6 is 0 Å². The number of aliphatic hydroxyl groups excluding tert-OH is 8. The number of unbranched alkanes of at least 4 members (excludes halogenated alkanes) is 46. The fraction of sp³-hybridized carbons (Fsp3) is 0.974. The first kappa shape index (κ1) is 85.6. The summed E-state index contributed by atoms with van der Waals surface area (Å²) in [6.45, 7) is 7.86. The third kappa shape index (κ3) is 41.4. The number of carbonyl (C=O) groups is 2. The molecule has 2 aliphatic heterocycles. The maximum Gasteiger partial charge on any atom is 0.311 e. The maximum absolute atomic E-state index is 14.0. The molecular weight excluding hydrogens is 1150 g/mol. The van der Waals surface area contributed by atoms with Crippen molar-refractivity contribution < 1.29 is 74.1 Å². The molecule has 0 spiro atoms. The molecule has 5 unspecified atom stereocenters. The topological polar surface area (TPSA) is 242 Å². The van der Waals surface area contributed by atoms with Crippen LogP contribution in [0, 0.1) is 11.8 Å². The number of hydrogen-bond donors (Lipinski definition) is 8. The minimum atomic E-state index is -1.89. The summed E-state index contributed by atoms with van der Waals surface area (Å²) >= 11 is 0. The SMILES string of the molecule is CCCCCCCCCCCCCCCC(O)C(CCCCCCCCCCCCCC)C(=O)OC[C@H]1O[C@H](OC2O[C@H](COC(=O)C(CCCCCCCCCCCCCC)C(O)CCCCCCCCCCCCCCC)[C@@H](O)[C@H](O)[C@@H]2O)[C@@H](O)[C@@H](O)[C@@H]1O. The zero-order chi connectivity index (χ0) is 66.4. The normalized spacial score (nSPS) is 23.3. The van der Waals surface area contributed by atoms with E-state index in [1.807, 2.05) is 0 Å².